The first-order valence-corrected chi connectivity index (χ1v) is 24.0. The van der Waals surface area contributed by atoms with Gasteiger partial charge in [-0.15, -0.1) is 0 Å². The summed E-state index contributed by atoms with van der Waals surface area (Å²) in [6.45, 7) is 0. The number of para-hydroxylation sites is 4. The van der Waals surface area contributed by atoms with Gasteiger partial charge in [0, 0.05) is 44.6 Å². The Morgan fingerprint density at radius 3 is 1.86 bits per heavy atom. The minimum absolute atomic E-state index is 0.538. The highest BCUT2D eigenvalue weighted by molar-refractivity contribution is 6.13. The van der Waals surface area contributed by atoms with E-state index in [0.29, 0.717) is 0 Å². The van der Waals surface area contributed by atoms with E-state index in [2.05, 4.69) is 275 Å². The van der Waals surface area contributed by atoms with Gasteiger partial charge < -0.3 is 14.4 Å². The molecule has 14 rings (SSSR count). The van der Waals surface area contributed by atoms with Crippen LogP contribution in [0, 0.1) is 0 Å². The van der Waals surface area contributed by atoms with Crippen molar-refractivity contribution < 1.29 is 0 Å². The monoisotopic (exact) mass is 879 g/mol. The van der Waals surface area contributed by atoms with E-state index in [1.54, 1.807) is 0 Å². The second-order valence-corrected chi connectivity index (χ2v) is 18.3. The first-order chi connectivity index (χ1) is 34.3. The molecular formula is C66H45N3. The Hall–Kier alpha value is -8.92. The van der Waals surface area contributed by atoms with Gasteiger partial charge in [-0.2, -0.15) is 0 Å². The number of fused-ring (bicyclic) bond motifs is 13. The first-order valence-electron chi connectivity index (χ1n) is 24.0. The van der Waals surface area contributed by atoms with Crippen LogP contribution < -0.4 is 9.80 Å². The van der Waals surface area contributed by atoms with Crippen LogP contribution in [0.4, 0.5) is 28.4 Å². The zero-order chi connectivity index (χ0) is 45.5. The van der Waals surface area contributed by atoms with Crippen molar-refractivity contribution >= 4 is 61.0 Å². The van der Waals surface area contributed by atoms with Crippen LogP contribution in [0.15, 0.2) is 267 Å². The maximum atomic E-state index is 2.52. The van der Waals surface area contributed by atoms with Gasteiger partial charge in [-0.3, -0.25) is 0 Å². The maximum absolute atomic E-state index is 2.52. The third kappa shape index (κ3) is 5.87. The summed E-state index contributed by atoms with van der Waals surface area (Å²) in [5, 5.41) is 5.01. The van der Waals surface area contributed by atoms with Gasteiger partial charge in [0.2, 0.25) is 0 Å². The van der Waals surface area contributed by atoms with Gasteiger partial charge in [0.25, 0.3) is 0 Å². The lowest BCUT2D eigenvalue weighted by molar-refractivity contribution is 0.748. The Morgan fingerprint density at radius 2 is 1.01 bits per heavy atom. The van der Waals surface area contributed by atoms with Crippen LogP contribution in [0.25, 0.3) is 60.5 Å². The second-order valence-electron chi connectivity index (χ2n) is 18.3. The number of allylic oxidation sites excluding steroid dienone is 5. The summed E-state index contributed by atoms with van der Waals surface area (Å²) < 4.78 is 2.52. The van der Waals surface area contributed by atoms with E-state index in [1.807, 2.05) is 0 Å². The van der Waals surface area contributed by atoms with E-state index in [4.69, 9.17) is 0 Å². The van der Waals surface area contributed by atoms with Crippen molar-refractivity contribution in [1.29, 1.82) is 0 Å². The van der Waals surface area contributed by atoms with Gasteiger partial charge in [0.15, 0.2) is 0 Å². The SMILES string of the molecule is C1=CCC=C(N(c2ccc(-c3ccc(N(c4ccccc4)c4ccc5c(c4)C4(c6ccccc6-5)c5ccccc5-n5c6ccccc6c6cccc4c65)cc3)cc2)c2cccc3ccccc23)C=C1. The molecule has 1 atom stereocenters. The van der Waals surface area contributed by atoms with Crippen molar-refractivity contribution in [2.45, 2.75) is 11.8 Å². The van der Waals surface area contributed by atoms with Crippen LogP contribution in [0.3, 0.4) is 0 Å². The summed E-state index contributed by atoms with van der Waals surface area (Å²) >= 11 is 0. The van der Waals surface area contributed by atoms with E-state index in [-0.39, 0.29) is 0 Å². The van der Waals surface area contributed by atoms with E-state index in [9.17, 15) is 0 Å². The molecule has 1 unspecified atom stereocenters. The van der Waals surface area contributed by atoms with Crippen molar-refractivity contribution in [2.75, 3.05) is 9.80 Å². The Bertz CT molecular complexity index is 3920. The van der Waals surface area contributed by atoms with E-state index in [0.717, 1.165) is 34.9 Å². The van der Waals surface area contributed by atoms with Crippen molar-refractivity contribution in [3.63, 3.8) is 0 Å². The van der Waals surface area contributed by atoms with Gasteiger partial charge in [0.05, 0.1) is 27.8 Å². The molecule has 1 aromatic heterocycles. The Balaban J connectivity index is 0.889. The Labute approximate surface area is 402 Å². The van der Waals surface area contributed by atoms with E-state index < -0.39 is 5.41 Å². The molecule has 0 bridgehead atoms. The van der Waals surface area contributed by atoms with Crippen LogP contribution >= 0.6 is 0 Å². The molecule has 3 aliphatic rings. The molecule has 69 heavy (non-hydrogen) atoms. The molecule has 2 heterocycles. The van der Waals surface area contributed by atoms with Crippen LogP contribution in [-0.4, -0.2) is 4.57 Å². The van der Waals surface area contributed by atoms with Gasteiger partial charge in [-0.25, -0.2) is 0 Å². The maximum Gasteiger partial charge on any atom is 0.0755 e. The predicted molar refractivity (Wildman–Crippen MR) is 289 cm³/mol. The number of anilines is 5. The average molecular weight is 880 g/mol. The number of hydrogen-bond acceptors (Lipinski definition) is 2. The second kappa shape index (κ2) is 15.6. The number of nitrogens with zero attached hydrogens (tertiary/aromatic N) is 3. The fourth-order valence-corrected chi connectivity index (χ4v) is 11.9. The summed E-state index contributed by atoms with van der Waals surface area (Å²) in [6.07, 6.45) is 11.9. The minimum Gasteiger partial charge on any atom is -0.310 e. The summed E-state index contributed by atoms with van der Waals surface area (Å²) in [7, 11) is 0. The molecule has 3 heteroatoms. The molecule has 0 radical (unpaired) electrons. The highest BCUT2D eigenvalue weighted by Gasteiger charge is 2.51. The predicted octanol–water partition coefficient (Wildman–Crippen LogP) is 17.3. The molecule has 11 aromatic rings. The van der Waals surface area contributed by atoms with Gasteiger partial charge in [-0.05, 0) is 129 Å². The molecule has 2 aliphatic carbocycles. The smallest absolute Gasteiger partial charge is 0.0755 e. The highest BCUT2D eigenvalue weighted by Crippen LogP contribution is 2.61. The number of aromatic nitrogens is 1. The van der Waals surface area contributed by atoms with Crippen LogP contribution in [0.2, 0.25) is 0 Å². The van der Waals surface area contributed by atoms with Crippen LogP contribution in [-0.2, 0) is 5.41 Å². The molecule has 0 saturated carbocycles. The molecule has 3 nitrogen and oxygen atoms in total. The van der Waals surface area contributed by atoms with E-state index >= 15 is 0 Å². The quantitative estimate of drug-likeness (QED) is 0.158. The van der Waals surface area contributed by atoms with Gasteiger partial charge in [0.1, 0.15) is 0 Å². The lowest BCUT2D eigenvalue weighted by Gasteiger charge is -2.40. The topological polar surface area (TPSA) is 11.4 Å². The fourth-order valence-electron chi connectivity index (χ4n) is 11.9. The van der Waals surface area contributed by atoms with Crippen molar-refractivity contribution in [3.05, 3.63) is 289 Å². The standard InChI is InChI=1S/C66H45N3/c1-2-5-23-49(22-4-1)68(62-33-16-19-47-18-8-9-24-53(47)62)51-40-36-46(37-41-51)45-34-38-50(39-35-45)67(48-20-6-3-7-21-48)52-42-43-55-54-25-10-12-28-58(54)66(61(55)44-52)59-29-13-15-32-64(59)69-63-31-14-11-26-56(63)57-27-17-30-60(66)65(57)69/h1-4,6-44H,5H2. The number of rotatable bonds is 7. The number of benzene rings is 10. The molecule has 1 spiro atoms. The minimum atomic E-state index is -0.538. The lowest BCUT2D eigenvalue weighted by atomic mass is 9.65. The lowest BCUT2D eigenvalue weighted by Crippen LogP contribution is -2.33. The van der Waals surface area contributed by atoms with E-state index in [1.165, 1.54) is 88.5 Å². The van der Waals surface area contributed by atoms with Crippen molar-refractivity contribution in [1.82, 2.24) is 4.57 Å². The van der Waals surface area contributed by atoms with Crippen LogP contribution in [0.5, 0.6) is 0 Å². The molecule has 0 fully saturated rings. The molecule has 324 valence electrons. The van der Waals surface area contributed by atoms with Gasteiger partial charge >= 0.3 is 0 Å². The first kappa shape index (κ1) is 39.3. The fraction of sp³-hybridized carbons (Fsp3) is 0.0303. The van der Waals surface area contributed by atoms with Crippen molar-refractivity contribution in [2.24, 2.45) is 0 Å². The summed E-state index contributed by atoms with van der Waals surface area (Å²) in [4.78, 5) is 4.81. The zero-order valence-electron chi connectivity index (χ0n) is 37.9. The summed E-state index contributed by atoms with van der Waals surface area (Å²) in [5.74, 6) is 0. The molecule has 0 saturated heterocycles. The van der Waals surface area contributed by atoms with Crippen molar-refractivity contribution in [3.8, 4) is 27.9 Å². The molecular weight excluding hydrogens is 835 g/mol. The summed E-state index contributed by atoms with van der Waals surface area (Å²) in [6, 6.07) is 85.4. The Kier molecular flexibility index (Phi) is 8.87. The van der Waals surface area contributed by atoms with Crippen LogP contribution in [0.1, 0.15) is 28.7 Å². The largest absolute Gasteiger partial charge is 0.310 e. The highest BCUT2D eigenvalue weighted by atomic mass is 15.2. The summed E-state index contributed by atoms with van der Waals surface area (Å²) in [5.41, 5.74) is 20.1. The number of hydrogen-bond donors (Lipinski definition) is 0. The molecule has 1 aliphatic heterocycles. The molecule has 0 amide bonds. The molecule has 10 aromatic carbocycles. The zero-order valence-corrected chi connectivity index (χ0v) is 37.9. The normalized spacial score (nSPS) is 15.2. The third-order valence-electron chi connectivity index (χ3n) is 14.8. The Morgan fingerprint density at radius 1 is 0.406 bits per heavy atom. The van der Waals surface area contributed by atoms with Gasteiger partial charge in [-0.1, -0.05) is 188 Å². The third-order valence-corrected chi connectivity index (χ3v) is 14.8. The average Bonchev–Trinajstić information content (AvgIpc) is 3.75. The molecule has 0 N–H and O–H groups in total.